The van der Waals surface area contributed by atoms with Crippen molar-refractivity contribution < 1.29 is 55.5 Å². The lowest BCUT2D eigenvalue weighted by Crippen LogP contribution is -2.27. The van der Waals surface area contributed by atoms with Crippen LogP contribution >= 0.6 is 0 Å². The van der Waals surface area contributed by atoms with Gasteiger partial charge in [0.05, 0.1) is 0 Å². The summed E-state index contributed by atoms with van der Waals surface area (Å²) >= 11 is 0. The van der Waals surface area contributed by atoms with Crippen LogP contribution in [0.1, 0.15) is 37.7 Å². The van der Waals surface area contributed by atoms with Crippen molar-refractivity contribution in [1.29, 1.82) is 0 Å². The van der Waals surface area contributed by atoms with E-state index in [-0.39, 0.29) is 63.9 Å². The number of aryl methyl sites for hydroxylation is 1. The summed E-state index contributed by atoms with van der Waals surface area (Å²) in [7, 11) is 0. The Morgan fingerprint density at radius 2 is 0.839 bits per heavy atom. The summed E-state index contributed by atoms with van der Waals surface area (Å²) in [5.41, 5.74) is 1.12. The summed E-state index contributed by atoms with van der Waals surface area (Å²) < 4.78 is 1.37. The number of carbonyl (C=O) groups is 2. The molecule has 5 aromatic carbocycles. The van der Waals surface area contributed by atoms with Crippen LogP contribution in [0.2, 0.25) is 0 Å². The summed E-state index contributed by atoms with van der Waals surface area (Å²) in [5, 5.41) is 97.8. The SMILES string of the molecule is O=C(N/C=C/c1ccc(O)cc1)c1c(-c2cc(O)c(O)c(O)c2)c(-c2cc(O)c(O)c(O)c2)c(C(=O)N/C=C/c2ccc(O)cc2)n1CCc1ccc(O)cc1. The Balaban J connectivity index is 1.62. The first-order valence-electron chi connectivity index (χ1n) is 16.9. The van der Waals surface area contributed by atoms with Crippen molar-refractivity contribution in [2.45, 2.75) is 13.0 Å². The second-order valence-electron chi connectivity index (χ2n) is 12.5. The Bertz CT molecular complexity index is 2290. The van der Waals surface area contributed by atoms with Gasteiger partial charge in [-0.1, -0.05) is 36.4 Å². The average Bonchev–Trinajstić information content (AvgIpc) is 3.52. The fourth-order valence-electron chi connectivity index (χ4n) is 6.01. The van der Waals surface area contributed by atoms with E-state index < -0.39 is 46.3 Å². The van der Waals surface area contributed by atoms with E-state index in [0.29, 0.717) is 16.7 Å². The maximum absolute atomic E-state index is 14.5. The van der Waals surface area contributed by atoms with Gasteiger partial charge < -0.3 is 61.2 Å². The van der Waals surface area contributed by atoms with Crippen molar-refractivity contribution >= 4 is 24.0 Å². The maximum Gasteiger partial charge on any atom is 0.272 e. The number of phenolic OH excluding ortho intramolecular Hbond substituents is 9. The highest BCUT2D eigenvalue weighted by Crippen LogP contribution is 2.48. The molecular weight excluding hydrogens is 722 g/mol. The molecule has 6 rings (SSSR count). The predicted molar refractivity (Wildman–Crippen MR) is 206 cm³/mol. The van der Waals surface area contributed by atoms with Crippen LogP contribution in [0.3, 0.4) is 0 Å². The highest BCUT2D eigenvalue weighted by molar-refractivity contribution is 6.12. The number of rotatable bonds is 11. The van der Waals surface area contributed by atoms with Crippen LogP contribution < -0.4 is 10.6 Å². The lowest BCUT2D eigenvalue weighted by molar-refractivity contribution is 0.0955. The molecule has 284 valence electrons. The monoisotopic (exact) mass is 757 g/mol. The molecule has 0 saturated carbocycles. The van der Waals surface area contributed by atoms with E-state index in [0.717, 1.165) is 24.3 Å². The van der Waals surface area contributed by atoms with Gasteiger partial charge in [-0.3, -0.25) is 9.59 Å². The summed E-state index contributed by atoms with van der Waals surface area (Å²) in [5.74, 6) is -6.36. The Kier molecular flexibility index (Phi) is 10.7. The summed E-state index contributed by atoms with van der Waals surface area (Å²) in [6.07, 6.45) is 5.90. The molecule has 0 bridgehead atoms. The summed E-state index contributed by atoms with van der Waals surface area (Å²) in [6.45, 7) is -0.0846. The van der Waals surface area contributed by atoms with Crippen LogP contribution in [0.15, 0.2) is 109 Å². The minimum atomic E-state index is -0.859. The van der Waals surface area contributed by atoms with Gasteiger partial charge in [0.1, 0.15) is 28.6 Å². The van der Waals surface area contributed by atoms with Gasteiger partial charge in [-0.25, -0.2) is 0 Å². The zero-order chi connectivity index (χ0) is 40.1. The predicted octanol–water partition coefficient (Wildman–Crippen LogP) is 6.22. The quantitative estimate of drug-likeness (QED) is 0.0663. The van der Waals surface area contributed by atoms with Crippen molar-refractivity contribution in [1.82, 2.24) is 15.2 Å². The maximum atomic E-state index is 14.5. The number of nitrogens with zero attached hydrogens (tertiary/aromatic N) is 1. The van der Waals surface area contributed by atoms with Crippen LogP contribution in [0.25, 0.3) is 34.4 Å². The van der Waals surface area contributed by atoms with Crippen LogP contribution in [0.4, 0.5) is 0 Å². The number of phenols is 9. The first-order valence-corrected chi connectivity index (χ1v) is 16.9. The first kappa shape index (κ1) is 37.7. The van der Waals surface area contributed by atoms with Gasteiger partial charge in [-0.15, -0.1) is 0 Å². The smallest absolute Gasteiger partial charge is 0.272 e. The van der Waals surface area contributed by atoms with Crippen LogP contribution in [-0.2, 0) is 13.0 Å². The van der Waals surface area contributed by atoms with E-state index in [1.54, 1.807) is 36.4 Å². The van der Waals surface area contributed by atoms with Crippen molar-refractivity contribution in [2.24, 2.45) is 0 Å². The molecule has 6 aromatic rings. The summed E-state index contributed by atoms with van der Waals surface area (Å²) in [4.78, 5) is 29.0. The van der Waals surface area contributed by atoms with Crippen molar-refractivity contribution in [3.8, 4) is 74.0 Å². The van der Waals surface area contributed by atoms with E-state index in [9.17, 15) is 55.5 Å². The lowest BCUT2D eigenvalue weighted by Gasteiger charge is -2.14. The third-order valence-corrected chi connectivity index (χ3v) is 8.74. The number of hydrogen-bond donors (Lipinski definition) is 11. The number of nitrogens with one attached hydrogen (secondary N) is 2. The third kappa shape index (κ3) is 8.14. The van der Waals surface area contributed by atoms with Crippen molar-refractivity contribution in [2.75, 3.05) is 0 Å². The van der Waals surface area contributed by atoms with E-state index in [4.69, 9.17) is 0 Å². The topological polar surface area (TPSA) is 245 Å². The van der Waals surface area contributed by atoms with Crippen molar-refractivity contribution in [3.05, 3.63) is 138 Å². The van der Waals surface area contributed by atoms with Gasteiger partial charge in [0.15, 0.2) is 34.5 Å². The van der Waals surface area contributed by atoms with Gasteiger partial charge >= 0.3 is 0 Å². The summed E-state index contributed by atoms with van der Waals surface area (Å²) in [6, 6.07) is 22.6. The van der Waals surface area contributed by atoms with Gasteiger partial charge in [0, 0.05) is 30.1 Å². The van der Waals surface area contributed by atoms with E-state index >= 15 is 0 Å². The Labute approximate surface area is 318 Å². The number of aromatic hydroxyl groups is 9. The van der Waals surface area contributed by atoms with Gasteiger partial charge in [-0.2, -0.15) is 0 Å². The molecule has 0 unspecified atom stereocenters. The van der Waals surface area contributed by atoms with Gasteiger partial charge in [0.2, 0.25) is 0 Å². The Morgan fingerprint density at radius 1 is 0.500 bits per heavy atom. The molecular formula is C42H35N3O11. The molecule has 11 N–H and O–H groups in total. The van der Waals surface area contributed by atoms with Gasteiger partial charge in [-0.05, 0) is 107 Å². The molecule has 0 aliphatic carbocycles. The molecule has 0 saturated heterocycles. The molecule has 0 radical (unpaired) electrons. The molecule has 1 heterocycles. The minimum absolute atomic E-state index is 0.0131. The van der Waals surface area contributed by atoms with Crippen molar-refractivity contribution in [3.63, 3.8) is 0 Å². The number of amides is 2. The van der Waals surface area contributed by atoms with E-state index in [1.165, 1.54) is 65.5 Å². The standard InChI is InChI=1S/C42H35N3O11/c46-28-7-1-23(2-8-28)13-16-43-41(55)37-35(26-19-31(49)39(53)32(50)20-26)36(27-21-33(51)40(54)34(52)22-27)38(45(37)18-15-25-5-11-30(48)12-6-25)42(56)44-17-14-24-3-9-29(47)10-4-24/h1-14,16-17,19-22,46-54H,15,18H2,(H,43,55)(H,44,56)/b16-13+,17-14+. The molecule has 0 aliphatic rings. The van der Waals surface area contributed by atoms with E-state index in [2.05, 4.69) is 10.6 Å². The number of hydrogen-bond acceptors (Lipinski definition) is 11. The minimum Gasteiger partial charge on any atom is -0.508 e. The molecule has 2 amide bonds. The second-order valence-corrected chi connectivity index (χ2v) is 12.5. The second kappa shape index (κ2) is 15.9. The fourth-order valence-corrected chi connectivity index (χ4v) is 6.01. The normalized spacial score (nSPS) is 11.3. The molecule has 56 heavy (non-hydrogen) atoms. The highest BCUT2D eigenvalue weighted by Gasteiger charge is 2.33. The van der Waals surface area contributed by atoms with Crippen LogP contribution in [-0.4, -0.2) is 62.3 Å². The van der Waals surface area contributed by atoms with Gasteiger partial charge in [0.25, 0.3) is 11.8 Å². The Hall–Kier alpha value is -8.00. The molecule has 0 atom stereocenters. The number of benzene rings is 5. The largest absolute Gasteiger partial charge is 0.508 e. The lowest BCUT2D eigenvalue weighted by atomic mass is 9.93. The molecule has 0 fully saturated rings. The zero-order valence-corrected chi connectivity index (χ0v) is 29.2. The molecule has 14 heteroatoms. The number of carbonyl (C=O) groups excluding carboxylic acids is 2. The Morgan fingerprint density at radius 3 is 1.20 bits per heavy atom. The molecule has 0 aliphatic heterocycles. The molecule has 0 spiro atoms. The zero-order valence-electron chi connectivity index (χ0n) is 29.2. The average molecular weight is 758 g/mol. The molecule has 1 aromatic heterocycles. The molecule has 14 nitrogen and oxygen atoms in total. The van der Waals surface area contributed by atoms with Crippen LogP contribution in [0, 0.1) is 0 Å². The number of aromatic nitrogens is 1. The third-order valence-electron chi connectivity index (χ3n) is 8.74. The highest BCUT2D eigenvalue weighted by atomic mass is 16.3. The first-order chi connectivity index (χ1) is 26.8. The fraction of sp³-hybridized carbons (Fsp3) is 0.0476. The van der Waals surface area contributed by atoms with E-state index in [1.807, 2.05) is 0 Å². The van der Waals surface area contributed by atoms with Crippen LogP contribution in [0.5, 0.6) is 51.7 Å².